The van der Waals surface area contributed by atoms with E-state index >= 15 is 0 Å². The third-order valence-electron chi connectivity index (χ3n) is 2.10. The molecular weight excluding hydrogens is 282 g/mol. The monoisotopic (exact) mass is 301 g/mol. The molecule has 0 saturated heterocycles. The van der Waals surface area contributed by atoms with Crippen molar-refractivity contribution in [2.45, 2.75) is 33.3 Å². The van der Waals surface area contributed by atoms with Crippen LogP contribution in [-0.2, 0) is 4.74 Å². The Labute approximate surface area is 123 Å². The van der Waals surface area contributed by atoms with E-state index in [1.807, 2.05) is 0 Å². The Morgan fingerprint density at radius 2 is 2.00 bits per heavy atom. The maximum atomic E-state index is 11.4. The number of amides is 1. The summed E-state index contributed by atoms with van der Waals surface area (Å²) in [5.41, 5.74) is 5.52. The lowest BCUT2D eigenvalue weighted by atomic mass is 10.2. The van der Waals surface area contributed by atoms with Crippen LogP contribution >= 0.6 is 11.6 Å². The number of ether oxygens (including phenoxy) is 1. The Balaban J connectivity index is 2.40. The summed E-state index contributed by atoms with van der Waals surface area (Å²) in [7, 11) is 0. The van der Waals surface area contributed by atoms with Crippen LogP contribution < -0.4 is 16.4 Å². The molecule has 0 atom stereocenters. The molecule has 1 aromatic rings. The van der Waals surface area contributed by atoms with Crippen LogP contribution in [0.4, 0.5) is 16.3 Å². The van der Waals surface area contributed by atoms with E-state index in [0.717, 1.165) is 0 Å². The summed E-state index contributed by atoms with van der Waals surface area (Å²) in [6, 6.07) is 0. The number of carbonyl (C=O) groups excluding carboxylic acids is 1. The van der Waals surface area contributed by atoms with Crippen molar-refractivity contribution in [3.8, 4) is 0 Å². The molecule has 0 aliphatic carbocycles. The van der Waals surface area contributed by atoms with Gasteiger partial charge in [-0.25, -0.2) is 14.8 Å². The van der Waals surface area contributed by atoms with Crippen LogP contribution in [0.3, 0.4) is 0 Å². The molecule has 0 spiro atoms. The first-order valence-corrected chi connectivity index (χ1v) is 6.57. The molecule has 0 aliphatic rings. The number of nitrogens with zero attached hydrogens (tertiary/aromatic N) is 2. The zero-order chi connectivity index (χ0) is 15.3. The number of nitrogens with one attached hydrogen (secondary N) is 2. The molecule has 4 N–H and O–H groups in total. The van der Waals surface area contributed by atoms with E-state index in [-0.39, 0.29) is 10.8 Å². The molecule has 20 heavy (non-hydrogen) atoms. The second-order valence-electron chi connectivity index (χ2n) is 5.18. The van der Waals surface area contributed by atoms with E-state index in [1.165, 1.54) is 0 Å². The van der Waals surface area contributed by atoms with Crippen LogP contribution in [0.1, 0.15) is 26.6 Å². The molecule has 0 saturated carbocycles. The SMILES string of the molecule is Cc1nc(Cl)c(N)c(NCCNC(=O)OC(C)(C)C)n1. The van der Waals surface area contributed by atoms with Crippen molar-refractivity contribution in [3.05, 3.63) is 11.0 Å². The summed E-state index contributed by atoms with van der Waals surface area (Å²) in [6.45, 7) is 7.94. The van der Waals surface area contributed by atoms with Crippen LogP contribution in [0, 0.1) is 6.92 Å². The average molecular weight is 302 g/mol. The molecule has 0 bridgehead atoms. The summed E-state index contributed by atoms with van der Waals surface area (Å²) in [4.78, 5) is 19.5. The zero-order valence-electron chi connectivity index (χ0n) is 12.1. The molecule has 0 aromatic carbocycles. The minimum absolute atomic E-state index is 0.208. The standard InChI is InChI=1S/C12H20ClN5O2/c1-7-17-9(13)8(14)10(18-7)15-5-6-16-11(19)20-12(2,3)4/h5-6,14H2,1-4H3,(H,16,19)(H,15,17,18). The summed E-state index contributed by atoms with van der Waals surface area (Å²) >= 11 is 5.85. The topological polar surface area (TPSA) is 102 Å². The first-order chi connectivity index (χ1) is 9.19. The maximum Gasteiger partial charge on any atom is 0.407 e. The van der Waals surface area contributed by atoms with Crippen molar-refractivity contribution >= 4 is 29.2 Å². The highest BCUT2D eigenvalue weighted by atomic mass is 35.5. The lowest BCUT2D eigenvalue weighted by molar-refractivity contribution is 0.0530. The number of aryl methyl sites for hydroxylation is 1. The molecule has 0 fully saturated rings. The number of aromatic nitrogens is 2. The molecule has 1 rings (SSSR count). The molecule has 0 radical (unpaired) electrons. The Bertz CT molecular complexity index is 487. The van der Waals surface area contributed by atoms with E-state index in [0.29, 0.717) is 24.7 Å². The van der Waals surface area contributed by atoms with Gasteiger partial charge in [0.15, 0.2) is 11.0 Å². The highest BCUT2D eigenvalue weighted by molar-refractivity contribution is 6.32. The fourth-order valence-corrected chi connectivity index (χ4v) is 1.55. The fourth-order valence-electron chi connectivity index (χ4n) is 1.34. The van der Waals surface area contributed by atoms with Gasteiger partial charge in [-0.2, -0.15) is 0 Å². The lowest BCUT2D eigenvalue weighted by Crippen LogP contribution is -2.35. The molecule has 112 valence electrons. The van der Waals surface area contributed by atoms with Crippen molar-refractivity contribution in [2.24, 2.45) is 0 Å². The number of hydrogen-bond acceptors (Lipinski definition) is 6. The van der Waals surface area contributed by atoms with Crippen molar-refractivity contribution in [1.29, 1.82) is 0 Å². The molecule has 1 aromatic heterocycles. The predicted octanol–water partition coefficient (Wildman–Crippen LogP) is 1.96. The fraction of sp³-hybridized carbons (Fsp3) is 0.583. The highest BCUT2D eigenvalue weighted by Crippen LogP contribution is 2.22. The zero-order valence-corrected chi connectivity index (χ0v) is 12.8. The van der Waals surface area contributed by atoms with Crippen LogP contribution in [0.5, 0.6) is 0 Å². The molecule has 0 unspecified atom stereocenters. The summed E-state index contributed by atoms with van der Waals surface area (Å²) < 4.78 is 5.10. The Kier molecular flexibility index (Phi) is 5.38. The number of alkyl carbamates (subject to hydrolysis) is 1. The maximum absolute atomic E-state index is 11.4. The lowest BCUT2D eigenvalue weighted by Gasteiger charge is -2.19. The van der Waals surface area contributed by atoms with Gasteiger partial charge >= 0.3 is 6.09 Å². The molecule has 8 heteroatoms. The normalized spacial score (nSPS) is 11.1. The predicted molar refractivity (Wildman–Crippen MR) is 78.9 cm³/mol. The Hall–Kier alpha value is -1.76. The van der Waals surface area contributed by atoms with Gasteiger partial charge in [-0.05, 0) is 27.7 Å². The first-order valence-electron chi connectivity index (χ1n) is 6.19. The highest BCUT2D eigenvalue weighted by Gasteiger charge is 2.15. The van der Waals surface area contributed by atoms with Crippen molar-refractivity contribution in [1.82, 2.24) is 15.3 Å². The van der Waals surface area contributed by atoms with Gasteiger partial charge in [0.1, 0.15) is 17.1 Å². The van der Waals surface area contributed by atoms with Crippen LogP contribution in [0.25, 0.3) is 0 Å². The molecule has 1 amide bonds. The van der Waals surface area contributed by atoms with Gasteiger partial charge in [-0.1, -0.05) is 11.6 Å². The van der Waals surface area contributed by atoms with Gasteiger partial charge in [0.05, 0.1) is 0 Å². The van der Waals surface area contributed by atoms with E-state index < -0.39 is 11.7 Å². The third-order valence-corrected chi connectivity index (χ3v) is 2.38. The van der Waals surface area contributed by atoms with Gasteiger partial charge in [0.25, 0.3) is 0 Å². The number of carbonyl (C=O) groups is 1. The molecular formula is C12H20ClN5O2. The smallest absolute Gasteiger partial charge is 0.407 e. The van der Waals surface area contributed by atoms with Gasteiger partial charge in [0, 0.05) is 13.1 Å². The number of rotatable bonds is 4. The van der Waals surface area contributed by atoms with Gasteiger partial charge in [-0.15, -0.1) is 0 Å². The number of nitrogen functional groups attached to an aromatic ring is 1. The van der Waals surface area contributed by atoms with Crippen LogP contribution in [0.2, 0.25) is 5.15 Å². The largest absolute Gasteiger partial charge is 0.444 e. The Morgan fingerprint density at radius 1 is 1.35 bits per heavy atom. The second-order valence-corrected chi connectivity index (χ2v) is 5.54. The van der Waals surface area contributed by atoms with E-state index in [2.05, 4.69) is 20.6 Å². The number of halogens is 1. The summed E-state index contributed by atoms with van der Waals surface area (Å²) in [5, 5.41) is 5.81. The van der Waals surface area contributed by atoms with Gasteiger partial charge in [-0.3, -0.25) is 0 Å². The Morgan fingerprint density at radius 3 is 2.60 bits per heavy atom. The number of anilines is 2. The van der Waals surface area contributed by atoms with Crippen LogP contribution in [-0.4, -0.2) is 34.8 Å². The van der Waals surface area contributed by atoms with Crippen molar-refractivity contribution < 1.29 is 9.53 Å². The van der Waals surface area contributed by atoms with Crippen molar-refractivity contribution in [3.63, 3.8) is 0 Å². The summed E-state index contributed by atoms with van der Waals surface area (Å²) in [6.07, 6.45) is -0.468. The second kappa shape index (κ2) is 6.60. The number of hydrogen-bond donors (Lipinski definition) is 3. The van der Waals surface area contributed by atoms with E-state index in [1.54, 1.807) is 27.7 Å². The average Bonchev–Trinajstić information content (AvgIpc) is 2.28. The van der Waals surface area contributed by atoms with Crippen molar-refractivity contribution in [2.75, 3.05) is 24.1 Å². The first kappa shape index (κ1) is 16.3. The number of nitrogens with two attached hydrogens (primary N) is 1. The molecule has 1 heterocycles. The van der Waals surface area contributed by atoms with Crippen LogP contribution in [0.15, 0.2) is 0 Å². The molecule has 7 nitrogen and oxygen atoms in total. The minimum atomic E-state index is -0.515. The summed E-state index contributed by atoms with van der Waals surface area (Å²) in [5.74, 6) is 0.972. The van der Waals surface area contributed by atoms with Gasteiger partial charge in [0.2, 0.25) is 0 Å². The quantitative estimate of drug-likeness (QED) is 0.580. The molecule has 0 aliphatic heterocycles. The third kappa shape index (κ3) is 5.48. The van der Waals surface area contributed by atoms with E-state index in [4.69, 9.17) is 22.1 Å². The minimum Gasteiger partial charge on any atom is -0.444 e. The van der Waals surface area contributed by atoms with E-state index in [9.17, 15) is 4.79 Å². The van der Waals surface area contributed by atoms with Gasteiger partial charge < -0.3 is 21.1 Å².